The van der Waals surface area contributed by atoms with Gasteiger partial charge in [-0.05, 0) is 17.7 Å². The van der Waals surface area contributed by atoms with E-state index in [2.05, 4.69) is 16.9 Å². The third-order valence-electron chi connectivity index (χ3n) is 2.59. The normalized spacial score (nSPS) is 9.95. The van der Waals surface area contributed by atoms with E-state index >= 15 is 0 Å². The Morgan fingerprint density at radius 2 is 2.25 bits per heavy atom. The Kier molecular flexibility index (Phi) is 5.03. The first-order valence-electron chi connectivity index (χ1n) is 6.13. The number of rotatable bonds is 4. The van der Waals surface area contributed by atoms with Crippen molar-refractivity contribution in [1.29, 1.82) is 0 Å². The summed E-state index contributed by atoms with van der Waals surface area (Å²) < 4.78 is 20.7. The molecule has 0 atom stereocenters. The summed E-state index contributed by atoms with van der Waals surface area (Å²) in [5.41, 5.74) is 1.63. The number of ether oxygens (including phenoxy) is 1. The standard InChI is InChI=1S/C15H14ClFN2O/c1-19-11-13(10-18-19)4-6-20-15-8-12(3-2-5-16)7-14(17)9-15/h7-11H,4-6H2,1H3. The number of benzene rings is 1. The molecule has 0 saturated carbocycles. The molecule has 0 saturated heterocycles. The number of aryl methyl sites for hydroxylation is 1. The molecule has 20 heavy (non-hydrogen) atoms. The first-order chi connectivity index (χ1) is 9.67. The van der Waals surface area contributed by atoms with Crippen molar-refractivity contribution >= 4 is 11.6 Å². The summed E-state index contributed by atoms with van der Waals surface area (Å²) in [6, 6.07) is 4.40. The lowest BCUT2D eigenvalue weighted by Crippen LogP contribution is -2.01. The summed E-state index contributed by atoms with van der Waals surface area (Å²) in [5, 5.41) is 4.07. The molecule has 0 radical (unpaired) electrons. The number of hydrogen-bond donors (Lipinski definition) is 0. The fraction of sp³-hybridized carbons (Fsp3) is 0.267. The van der Waals surface area contributed by atoms with Gasteiger partial charge < -0.3 is 4.74 Å². The molecule has 2 aromatic rings. The van der Waals surface area contributed by atoms with Crippen molar-refractivity contribution < 1.29 is 9.13 Å². The molecule has 1 heterocycles. The summed E-state index contributed by atoms with van der Waals surface area (Å²) in [6.07, 6.45) is 4.42. The Morgan fingerprint density at radius 1 is 1.40 bits per heavy atom. The highest BCUT2D eigenvalue weighted by Gasteiger charge is 2.02. The maximum atomic E-state index is 13.4. The molecule has 0 aliphatic rings. The number of nitrogens with zero attached hydrogens (tertiary/aromatic N) is 2. The van der Waals surface area contributed by atoms with E-state index < -0.39 is 0 Å². The van der Waals surface area contributed by atoms with Crippen LogP contribution in [0.4, 0.5) is 4.39 Å². The Balaban J connectivity index is 1.96. The van der Waals surface area contributed by atoms with Gasteiger partial charge in [-0.25, -0.2) is 4.39 Å². The van der Waals surface area contributed by atoms with Gasteiger partial charge in [0.05, 0.1) is 18.7 Å². The summed E-state index contributed by atoms with van der Waals surface area (Å²) in [4.78, 5) is 0. The topological polar surface area (TPSA) is 27.1 Å². The van der Waals surface area contributed by atoms with Crippen molar-refractivity contribution in [2.45, 2.75) is 6.42 Å². The predicted molar refractivity (Wildman–Crippen MR) is 76.4 cm³/mol. The van der Waals surface area contributed by atoms with Gasteiger partial charge in [-0.3, -0.25) is 4.68 Å². The van der Waals surface area contributed by atoms with Crippen LogP contribution in [-0.4, -0.2) is 22.3 Å². The van der Waals surface area contributed by atoms with Crippen LogP contribution in [-0.2, 0) is 13.5 Å². The van der Waals surface area contributed by atoms with Gasteiger partial charge in [-0.15, -0.1) is 11.6 Å². The molecule has 0 unspecified atom stereocenters. The van der Waals surface area contributed by atoms with Crippen LogP contribution in [0.3, 0.4) is 0 Å². The average molecular weight is 293 g/mol. The molecule has 3 nitrogen and oxygen atoms in total. The average Bonchev–Trinajstić information content (AvgIpc) is 2.81. The van der Waals surface area contributed by atoms with Crippen molar-refractivity contribution in [2.75, 3.05) is 12.5 Å². The molecule has 2 rings (SSSR count). The predicted octanol–water partition coefficient (Wildman–Crippen LogP) is 2.77. The number of aromatic nitrogens is 2. The minimum Gasteiger partial charge on any atom is -0.493 e. The lowest BCUT2D eigenvalue weighted by Gasteiger charge is -2.06. The fourth-order valence-corrected chi connectivity index (χ4v) is 1.81. The van der Waals surface area contributed by atoms with E-state index in [1.165, 1.54) is 12.1 Å². The zero-order chi connectivity index (χ0) is 14.4. The SMILES string of the molecule is Cn1cc(CCOc2cc(F)cc(C#CCCl)c2)cn1. The third-order valence-corrected chi connectivity index (χ3v) is 2.72. The molecule has 0 aliphatic heterocycles. The maximum absolute atomic E-state index is 13.4. The number of halogens is 2. The molecule has 1 aromatic heterocycles. The highest BCUT2D eigenvalue weighted by atomic mass is 35.5. The molecule has 0 N–H and O–H groups in total. The third kappa shape index (κ3) is 4.29. The maximum Gasteiger partial charge on any atom is 0.128 e. The molecule has 0 bridgehead atoms. The molecular weight excluding hydrogens is 279 g/mol. The van der Waals surface area contributed by atoms with Crippen LogP contribution < -0.4 is 4.74 Å². The van der Waals surface area contributed by atoms with Crippen LogP contribution in [0.1, 0.15) is 11.1 Å². The minimum absolute atomic E-state index is 0.216. The van der Waals surface area contributed by atoms with Crippen molar-refractivity contribution in [3.8, 4) is 17.6 Å². The van der Waals surface area contributed by atoms with Crippen molar-refractivity contribution in [2.24, 2.45) is 7.05 Å². The van der Waals surface area contributed by atoms with Crippen LogP contribution in [0.5, 0.6) is 5.75 Å². The second-order valence-corrected chi connectivity index (χ2v) is 4.50. The highest BCUT2D eigenvalue weighted by Crippen LogP contribution is 2.16. The molecular formula is C15H14ClFN2O. The first kappa shape index (κ1) is 14.4. The summed E-state index contributed by atoms with van der Waals surface area (Å²) >= 11 is 5.48. The van der Waals surface area contributed by atoms with Crippen molar-refractivity contribution in [3.05, 3.63) is 47.5 Å². The molecule has 0 fully saturated rings. The lowest BCUT2D eigenvalue weighted by atomic mass is 10.2. The summed E-state index contributed by atoms with van der Waals surface area (Å²) in [7, 11) is 1.86. The van der Waals surface area contributed by atoms with Crippen LogP contribution in [0.15, 0.2) is 30.6 Å². The first-order valence-corrected chi connectivity index (χ1v) is 6.66. The van der Waals surface area contributed by atoms with Gasteiger partial charge in [0.1, 0.15) is 11.6 Å². The molecule has 1 aromatic carbocycles. The van der Waals surface area contributed by atoms with Gasteiger partial charge in [0.25, 0.3) is 0 Å². The van der Waals surface area contributed by atoms with E-state index in [9.17, 15) is 4.39 Å². The largest absolute Gasteiger partial charge is 0.493 e. The number of hydrogen-bond acceptors (Lipinski definition) is 2. The van der Waals surface area contributed by atoms with E-state index in [1.807, 2.05) is 13.2 Å². The van der Waals surface area contributed by atoms with Gasteiger partial charge in [-0.1, -0.05) is 11.8 Å². The van der Waals surface area contributed by atoms with Crippen molar-refractivity contribution in [1.82, 2.24) is 9.78 Å². The monoisotopic (exact) mass is 292 g/mol. The molecule has 104 valence electrons. The van der Waals surface area contributed by atoms with Gasteiger partial charge >= 0.3 is 0 Å². The van der Waals surface area contributed by atoms with Crippen LogP contribution >= 0.6 is 11.6 Å². The minimum atomic E-state index is -0.372. The summed E-state index contributed by atoms with van der Waals surface area (Å²) in [5.74, 6) is 5.77. The Labute approximate surface area is 122 Å². The quantitative estimate of drug-likeness (QED) is 0.640. The highest BCUT2D eigenvalue weighted by molar-refractivity contribution is 6.19. The fourth-order valence-electron chi connectivity index (χ4n) is 1.74. The van der Waals surface area contributed by atoms with E-state index in [1.54, 1.807) is 16.9 Å². The van der Waals surface area contributed by atoms with Crippen LogP contribution in [0, 0.1) is 17.7 Å². The van der Waals surface area contributed by atoms with E-state index in [0.29, 0.717) is 24.3 Å². The van der Waals surface area contributed by atoms with E-state index in [0.717, 1.165) is 5.56 Å². The lowest BCUT2D eigenvalue weighted by molar-refractivity contribution is 0.320. The number of alkyl halides is 1. The Morgan fingerprint density at radius 3 is 2.95 bits per heavy atom. The smallest absolute Gasteiger partial charge is 0.128 e. The van der Waals surface area contributed by atoms with Crippen molar-refractivity contribution in [3.63, 3.8) is 0 Å². The second-order valence-electron chi connectivity index (χ2n) is 4.23. The van der Waals surface area contributed by atoms with Crippen LogP contribution in [0.25, 0.3) is 0 Å². The molecule has 5 heteroatoms. The van der Waals surface area contributed by atoms with Gasteiger partial charge in [0.15, 0.2) is 0 Å². The Bertz CT molecular complexity index is 643. The van der Waals surface area contributed by atoms with Gasteiger partial charge in [0.2, 0.25) is 0 Å². The molecule has 0 spiro atoms. The van der Waals surface area contributed by atoms with Crippen LogP contribution in [0.2, 0.25) is 0 Å². The summed E-state index contributed by atoms with van der Waals surface area (Å²) in [6.45, 7) is 0.456. The van der Waals surface area contributed by atoms with Gasteiger partial charge in [-0.2, -0.15) is 5.10 Å². The zero-order valence-electron chi connectivity index (χ0n) is 11.1. The van der Waals surface area contributed by atoms with E-state index in [-0.39, 0.29) is 11.7 Å². The zero-order valence-corrected chi connectivity index (χ0v) is 11.8. The Hall–Kier alpha value is -1.99. The van der Waals surface area contributed by atoms with E-state index in [4.69, 9.17) is 16.3 Å². The molecule has 0 amide bonds. The van der Waals surface area contributed by atoms with Gasteiger partial charge in [0, 0.05) is 31.3 Å². The second kappa shape index (κ2) is 6.97. The molecule has 0 aliphatic carbocycles.